The zero-order valence-electron chi connectivity index (χ0n) is 11.3. The first-order chi connectivity index (χ1) is 9.27. The molecule has 19 heavy (non-hydrogen) atoms. The lowest BCUT2D eigenvalue weighted by Crippen LogP contribution is -2.24. The number of nitrogens with one attached hydrogen (secondary N) is 1. The van der Waals surface area contributed by atoms with Gasteiger partial charge in [-0.15, -0.1) is 0 Å². The zero-order chi connectivity index (χ0) is 13.9. The largest absolute Gasteiger partial charge is 0.493 e. The van der Waals surface area contributed by atoms with Crippen LogP contribution >= 0.6 is 0 Å². The molecule has 0 bridgehead atoms. The van der Waals surface area contributed by atoms with Crippen LogP contribution in [0.2, 0.25) is 0 Å². The van der Waals surface area contributed by atoms with Crippen LogP contribution in [-0.2, 0) is 4.79 Å². The van der Waals surface area contributed by atoms with Crippen molar-refractivity contribution in [1.82, 2.24) is 5.32 Å². The lowest BCUT2D eigenvalue weighted by Gasteiger charge is -2.08. The van der Waals surface area contributed by atoms with Gasteiger partial charge in [0.25, 0.3) is 0 Å². The highest BCUT2D eigenvalue weighted by molar-refractivity contribution is 5.92. The second kappa shape index (κ2) is 9.16. The van der Waals surface area contributed by atoms with Crippen molar-refractivity contribution < 1.29 is 14.6 Å². The molecule has 0 saturated carbocycles. The van der Waals surface area contributed by atoms with Crippen LogP contribution in [0.3, 0.4) is 0 Å². The summed E-state index contributed by atoms with van der Waals surface area (Å²) in [7, 11) is 0. The summed E-state index contributed by atoms with van der Waals surface area (Å²) in [5.74, 6) is 0.555. The van der Waals surface area contributed by atoms with E-state index in [2.05, 4.69) is 12.2 Å². The molecule has 4 nitrogen and oxygen atoms in total. The number of aliphatic hydroxyl groups is 1. The Balaban J connectivity index is 2.61. The van der Waals surface area contributed by atoms with E-state index in [1.807, 2.05) is 24.3 Å². The Hall–Kier alpha value is -1.81. The van der Waals surface area contributed by atoms with Gasteiger partial charge in [0.1, 0.15) is 5.75 Å². The van der Waals surface area contributed by atoms with Gasteiger partial charge in [-0.05, 0) is 18.6 Å². The predicted molar refractivity (Wildman–Crippen MR) is 76.0 cm³/mol. The smallest absolute Gasteiger partial charge is 0.244 e. The third-order valence-electron chi connectivity index (χ3n) is 2.50. The molecule has 0 aliphatic heterocycles. The number of ether oxygens (including phenoxy) is 1. The molecule has 0 aliphatic carbocycles. The molecule has 0 aromatic heterocycles. The standard InChI is InChI=1S/C15H21NO3/c1-2-3-12-19-14-7-5-4-6-13(14)8-9-15(18)16-10-11-17/h4-9,17H,2-3,10-12H2,1H3,(H,16,18). The second-order valence-corrected chi connectivity index (χ2v) is 4.09. The molecule has 1 rings (SSSR count). The number of para-hydroxylation sites is 1. The number of amides is 1. The van der Waals surface area contributed by atoms with E-state index in [1.165, 1.54) is 6.08 Å². The van der Waals surface area contributed by atoms with Crippen molar-refractivity contribution in [3.05, 3.63) is 35.9 Å². The van der Waals surface area contributed by atoms with Crippen LogP contribution in [0.4, 0.5) is 0 Å². The van der Waals surface area contributed by atoms with Gasteiger partial charge in [-0.2, -0.15) is 0 Å². The third-order valence-corrected chi connectivity index (χ3v) is 2.50. The van der Waals surface area contributed by atoms with Crippen LogP contribution in [0.15, 0.2) is 30.3 Å². The lowest BCUT2D eigenvalue weighted by molar-refractivity contribution is -0.116. The average Bonchev–Trinajstić information content (AvgIpc) is 2.44. The van der Waals surface area contributed by atoms with Gasteiger partial charge in [-0.1, -0.05) is 31.5 Å². The van der Waals surface area contributed by atoms with Crippen LogP contribution in [0.5, 0.6) is 5.75 Å². The summed E-state index contributed by atoms with van der Waals surface area (Å²) >= 11 is 0. The normalized spacial score (nSPS) is 10.6. The zero-order valence-corrected chi connectivity index (χ0v) is 11.3. The third kappa shape index (κ3) is 6.06. The van der Waals surface area contributed by atoms with Crippen LogP contribution in [0, 0.1) is 0 Å². The molecule has 1 amide bonds. The number of hydrogen-bond acceptors (Lipinski definition) is 3. The summed E-state index contributed by atoms with van der Waals surface area (Å²) in [6.45, 7) is 2.99. The van der Waals surface area contributed by atoms with Crippen LogP contribution in [0.1, 0.15) is 25.3 Å². The van der Waals surface area contributed by atoms with Gasteiger partial charge in [0.2, 0.25) is 5.91 Å². The molecule has 1 aromatic carbocycles. The minimum Gasteiger partial charge on any atom is -0.493 e. The van der Waals surface area contributed by atoms with Gasteiger partial charge >= 0.3 is 0 Å². The van der Waals surface area contributed by atoms with Crippen LogP contribution in [0.25, 0.3) is 6.08 Å². The van der Waals surface area contributed by atoms with Gasteiger partial charge in [-0.3, -0.25) is 4.79 Å². The van der Waals surface area contributed by atoms with Crippen molar-refractivity contribution in [2.24, 2.45) is 0 Å². The van der Waals surface area contributed by atoms with Gasteiger partial charge in [0, 0.05) is 18.2 Å². The molecule has 0 fully saturated rings. The van der Waals surface area contributed by atoms with E-state index in [1.54, 1.807) is 6.08 Å². The highest BCUT2D eigenvalue weighted by Gasteiger charge is 2.00. The number of aliphatic hydroxyl groups excluding tert-OH is 1. The van der Waals surface area contributed by atoms with E-state index < -0.39 is 0 Å². The second-order valence-electron chi connectivity index (χ2n) is 4.09. The number of unbranched alkanes of at least 4 members (excludes halogenated alkanes) is 1. The maximum absolute atomic E-state index is 11.4. The van der Waals surface area contributed by atoms with E-state index in [0.717, 1.165) is 24.2 Å². The van der Waals surface area contributed by atoms with Crippen LogP contribution in [-0.4, -0.2) is 30.8 Å². The van der Waals surface area contributed by atoms with Gasteiger partial charge in [0.05, 0.1) is 13.2 Å². The predicted octanol–water partition coefficient (Wildman–Crippen LogP) is 1.99. The molecule has 2 N–H and O–H groups in total. The molecule has 0 heterocycles. The quantitative estimate of drug-likeness (QED) is 0.557. The fourth-order valence-electron chi connectivity index (χ4n) is 1.48. The van der Waals surface area contributed by atoms with Crippen molar-refractivity contribution in [3.8, 4) is 5.75 Å². The Kier molecular flexibility index (Phi) is 7.35. The molecule has 0 unspecified atom stereocenters. The number of carbonyl (C=O) groups excluding carboxylic acids is 1. The van der Waals surface area contributed by atoms with Gasteiger partial charge < -0.3 is 15.2 Å². The van der Waals surface area contributed by atoms with Crippen molar-refractivity contribution >= 4 is 12.0 Å². The Bertz CT molecular complexity index is 416. The topological polar surface area (TPSA) is 58.6 Å². The van der Waals surface area contributed by atoms with E-state index in [-0.39, 0.29) is 19.1 Å². The SMILES string of the molecule is CCCCOc1ccccc1C=CC(=O)NCCO. The first-order valence-electron chi connectivity index (χ1n) is 6.56. The van der Waals surface area contributed by atoms with E-state index >= 15 is 0 Å². The number of hydrogen-bond donors (Lipinski definition) is 2. The van der Waals surface area contributed by atoms with Crippen molar-refractivity contribution in [1.29, 1.82) is 0 Å². The molecule has 1 aromatic rings. The van der Waals surface area contributed by atoms with Gasteiger partial charge in [0.15, 0.2) is 0 Å². The summed E-state index contributed by atoms with van der Waals surface area (Å²) in [6, 6.07) is 7.60. The number of rotatable bonds is 8. The highest BCUT2D eigenvalue weighted by atomic mass is 16.5. The van der Waals surface area contributed by atoms with Crippen molar-refractivity contribution in [2.45, 2.75) is 19.8 Å². The highest BCUT2D eigenvalue weighted by Crippen LogP contribution is 2.19. The molecule has 0 saturated heterocycles. The Morgan fingerprint density at radius 2 is 2.21 bits per heavy atom. The maximum atomic E-state index is 11.4. The maximum Gasteiger partial charge on any atom is 0.244 e. The van der Waals surface area contributed by atoms with E-state index in [0.29, 0.717) is 6.61 Å². The first-order valence-corrected chi connectivity index (χ1v) is 6.56. The Morgan fingerprint density at radius 1 is 1.42 bits per heavy atom. The minimum atomic E-state index is -0.225. The van der Waals surface area contributed by atoms with Crippen molar-refractivity contribution in [2.75, 3.05) is 19.8 Å². The monoisotopic (exact) mass is 263 g/mol. The number of carbonyl (C=O) groups is 1. The fourth-order valence-corrected chi connectivity index (χ4v) is 1.48. The summed E-state index contributed by atoms with van der Waals surface area (Å²) in [5.41, 5.74) is 0.873. The summed E-state index contributed by atoms with van der Waals surface area (Å²) in [4.78, 5) is 11.4. The molecule has 0 aliphatic rings. The molecule has 0 atom stereocenters. The summed E-state index contributed by atoms with van der Waals surface area (Å²) in [6.07, 6.45) is 5.25. The molecule has 104 valence electrons. The van der Waals surface area contributed by atoms with Gasteiger partial charge in [-0.25, -0.2) is 0 Å². The van der Waals surface area contributed by atoms with E-state index in [4.69, 9.17) is 9.84 Å². The van der Waals surface area contributed by atoms with Crippen LogP contribution < -0.4 is 10.1 Å². The Morgan fingerprint density at radius 3 is 2.95 bits per heavy atom. The Labute approximate surface area is 114 Å². The molecular formula is C15H21NO3. The molecular weight excluding hydrogens is 242 g/mol. The summed E-state index contributed by atoms with van der Waals surface area (Å²) < 4.78 is 5.67. The van der Waals surface area contributed by atoms with E-state index in [9.17, 15) is 4.79 Å². The fraction of sp³-hybridized carbons (Fsp3) is 0.400. The average molecular weight is 263 g/mol. The number of benzene rings is 1. The van der Waals surface area contributed by atoms with Crippen molar-refractivity contribution in [3.63, 3.8) is 0 Å². The molecule has 0 radical (unpaired) electrons. The minimum absolute atomic E-state index is 0.0592. The molecule has 4 heteroatoms. The lowest BCUT2D eigenvalue weighted by atomic mass is 10.2. The molecule has 0 spiro atoms. The summed E-state index contributed by atoms with van der Waals surface area (Å²) in [5, 5.41) is 11.2. The first kappa shape index (κ1) is 15.2.